The third kappa shape index (κ3) is 3.69. The van der Waals surface area contributed by atoms with Crippen molar-refractivity contribution in [1.82, 2.24) is 5.32 Å². The van der Waals surface area contributed by atoms with Gasteiger partial charge in [-0.25, -0.2) is 0 Å². The highest BCUT2D eigenvalue weighted by Crippen LogP contribution is 2.24. The van der Waals surface area contributed by atoms with Crippen LogP contribution in [0, 0.1) is 11.3 Å². The molecule has 0 spiro atoms. The molecule has 0 bridgehead atoms. The molecule has 2 unspecified atom stereocenters. The monoisotopic (exact) mass is 254 g/mol. The number of benzene rings is 1. The zero-order chi connectivity index (χ0) is 12.8. The number of nitriles is 1. The van der Waals surface area contributed by atoms with Crippen molar-refractivity contribution in [1.29, 1.82) is 5.26 Å². The molecule has 0 fully saturated rings. The van der Waals surface area contributed by atoms with Gasteiger partial charge < -0.3 is 15.5 Å². The summed E-state index contributed by atoms with van der Waals surface area (Å²) in [6, 6.07) is 6.59. The topological polar surface area (TPSA) is 76.3 Å². The van der Waals surface area contributed by atoms with E-state index in [0.29, 0.717) is 23.6 Å². The number of halogens is 1. The molecule has 1 aromatic carbocycles. The highest BCUT2D eigenvalue weighted by Gasteiger charge is 2.20. The number of aliphatic hydroxyl groups excluding tert-OH is 2. The van der Waals surface area contributed by atoms with Crippen molar-refractivity contribution < 1.29 is 10.2 Å². The predicted molar refractivity (Wildman–Crippen MR) is 65.7 cm³/mol. The fraction of sp³-hybridized carbons (Fsp3) is 0.417. The molecule has 0 aliphatic rings. The fourth-order valence-corrected chi connectivity index (χ4v) is 1.71. The third-order valence-electron chi connectivity index (χ3n) is 2.51. The Hall–Kier alpha value is -1.12. The Kier molecular flexibility index (Phi) is 5.39. The summed E-state index contributed by atoms with van der Waals surface area (Å²) in [4.78, 5) is 0. The quantitative estimate of drug-likeness (QED) is 0.738. The van der Waals surface area contributed by atoms with Crippen LogP contribution < -0.4 is 5.32 Å². The van der Waals surface area contributed by atoms with Crippen LogP contribution in [-0.4, -0.2) is 29.9 Å². The Bertz CT molecular complexity index is 417. The molecule has 2 atom stereocenters. The van der Waals surface area contributed by atoms with E-state index in [1.165, 1.54) is 6.07 Å². The summed E-state index contributed by atoms with van der Waals surface area (Å²) in [5.74, 6) is 0. The summed E-state index contributed by atoms with van der Waals surface area (Å²) in [7, 11) is 1.77. The average Bonchev–Trinajstić information content (AvgIpc) is 2.34. The summed E-state index contributed by atoms with van der Waals surface area (Å²) in [5.41, 5.74) is 0.689. The van der Waals surface area contributed by atoms with Crippen LogP contribution in [0.5, 0.6) is 0 Å². The molecule has 1 rings (SSSR count). The Balaban J connectivity index is 2.88. The molecule has 3 N–H and O–H groups in total. The van der Waals surface area contributed by atoms with E-state index >= 15 is 0 Å². The summed E-state index contributed by atoms with van der Waals surface area (Å²) < 4.78 is 0. The van der Waals surface area contributed by atoms with Crippen molar-refractivity contribution in [3.63, 3.8) is 0 Å². The third-order valence-corrected chi connectivity index (χ3v) is 2.74. The van der Waals surface area contributed by atoms with Crippen molar-refractivity contribution in [2.45, 2.75) is 18.6 Å². The van der Waals surface area contributed by atoms with E-state index < -0.39 is 12.2 Å². The first-order valence-corrected chi connectivity index (χ1v) is 5.68. The van der Waals surface area contributed by atoms with Gasteiger partial charge in [-0.1, -0.05) is 17.7 Å². The Morgan fingerprint density at radius 2 is 2.18 bits per heavy atom. The largest absolute Gasteiger partial charge is 0.390 e. The van der Waals surface area contributed by atoms with Gasteiger partial charge in [0, 0.05) is 10.6 Å². The van der Waals surface area contributed by atoms with E-state index in [1.807, 2.05) is 6.07 Å². The Labute approximate surface area is 105 Å². The van der Waals surface area contributed by atoms with Crippen LogP contribution in [-0.2, 0) is 0 Å². The predicted octanol–water partition coefficient (Wildman–Crippen LogP) is 1.22. The highest BCUT2D eigenvalue weighted by atomic mass is 35.5. The molecule has 0 radical (unpaired) electrons. The Morgan fingerprint density at radius 3 is 2.76 bits per heavy atom. The molecule has 4 nitrogen and oxygen atoms in total. The molecule has 0 heterocycles. The molecule has 0 aliphatic carbocycles. The van der Waals surface area contributed by atoms with Gasteiger partial charge in [-0.3, -0.25) is 0 Å². The van der Waals surface area contributed by atoms with Crippen LogP contribution in [0.15, 0.2) is 18.2 Å². The van der Waals surface area contributed by atoms with Gasteiger partial charge in [-0.15, -0.1) is 0 Å². The van der Waals surface area contributed by atoms with Gasteiger partial charge in [-0.05, 0) is 32.1 Å². The molecule has 17 heavy (non-hydrogen) atoms. The normalized spacial score (nSPS) is 14.1. The van der Waals surface area contributed by atoms with E-state index in [0.717, 1.165) is 0 Å². The SMILES string of the molecule is CNCCC(O)C(O)c1ccc(Cl)cc1C#N. The van der Waals surface area contributed by atoms with E-state index in [-0.39, 0.29) is 5.56 Å². The van der Waals surface area contributed by atoms with E-state index in [1.54, 1.807) is 19.2 Å². The smallest absolute Gasteiger partial charge is 0.106 e. The summed E-state index contributed by atoms with van der Waals surface area (Å²) in [6.07, 6.45) is -1.57. The van der Waals surface area contributed by atoms with Gasteiger partial charge in [0.1, 0.15) is 6.10 Å². The first-order chi connectivity index (χ1) is 8.10. The average molecular weight is 255 g/mol. The number of nitrogens with zero attached hydrogens (tertiary/aromatic N) is 1. The molecule has 5 heteroatoms. The second kappa shape index (κ2) is 6.58. The van der Waals surface area contributed by atoms with E-state index in [2.05, 4.69) is 5.32 Å². The second-order valence-corrected chi connectivity index (χ2v) is 4.18. The first kappa shape index (κ1) is 13.9. The molecular weight excluding hydrogens is 240 g/mol. The highest BCUT2D eigenvalue weighted by molar-refractivity contribution is 6.30. The van der Waals surface area contributed by atoms with Gasteiger partial charge in [0.05, 0.1) is 17.7 Å². The van der Waals surface area contributed by atoms with E-state index in [9.17, 15) is 10.2 Å². The lowest BCUT2D eigenvalue weighted by Crippen LogP contribution is -2.23. The number of hydrogen-bond donors (Lipinski definition) is 3. The molecule has 1 aromatic rings. The minimum absolute atomic E-state index is 0.286. The number of nitrogens with one attached hydrogen (secondary N) is 1. The van der Waals surface area contributed by atoms with Crippen LogP contribution in [0.25, 0.3) is 0 Å². The van der Waals surface area contributed by atoms with Crippen LogP contribution in [0.1, 0.15) is 23.7 Å². The zero-order valence-corrected chi connectivity index (χ0v) is 10.3. The van der Waals surface area contributed by atoms with Gasteiger partial charge >= 0.3 is 0 Å². The lowest BCUT2D eigenvalue weighted by molar-refractivity contribution is 0.0139. The number of aliphatic hydroxyl groups is 2. The standard InChI is InChI=1S/C12H15ClN2O2/c1-15-5-4-11(16)12(17)10-3-2-9(13)6-8(10)7-14/h2-3,6,11-12,15-17H,4-5H2,1H3. The minimum Gasteiger partial charge on any atom is -0.390 e. The number of hydrogen-bond acceptors (Lipinski definition) is 4. The summed E-state index contributed by atoms with van der Waals surface area (Å²) in [6.45, 7) is 0.591. The van der Waals surface area contributed by atoms with Gasteiger partial charge in [0.25, 0.3) is 0 Å². The van der Waals surface area contributed by atoms with Crippen molar-refractivity contribution in [3.05, 3.63) is 34.3 Å². The molecule has 0 aliphatic heterocycles. The second-order valence-electron chi connectivity index (χ2n) is 3.75. The molecule has 0 saturated carbocycles. The van der Waals surface area contributed by atoms with Gasteiger partial charge in [-0.2, -0.15) is 5.26 Å². The maximum Gasteiger partial charge on any atom is 0.106 e. The minimum atomic E-state index is -1.07. The molecule has 0 saturated heterocycles. The van der Waals surface area contributed by atoms with Gasteiger partial charge in [0.2, 0.25) is 0 Å². The lowest BCUT2D eigenvalue weighted by Gasteiger charge is -2.19. The molecular formula is C12H15ClN2O2. The molecule has 0 amide bonds. The van der Waals surface area contributed by atoms with Crippen molar-refractivity contribution >= 4 is 11.6 Å². The first-order valence-electron chi connectivity index (χ1n) is 5.30. The summed E-state index contributed by atoms with van der Waals surface area (Å²) >= 11 is 5.76. The van der Waals surface area contributed by atoms with Crippen molar-refractivity contribution in [2.75, 3.05) is 13.6 Å². The summed E-state index contributed by atoms with van der Waals surface area (Å²) in [5, 5.41) is 32.0. The maximum atomic E-state index is 9.95. The van der Waals surface area contributed by atoms with Crippen LogP contribution in [0.2, 0.25) is 5.02 Å². The van der Waals surface area contributed by atoms with Crippen LogP contribution in [0.4, 0.5) is 0 Å². The van der Waals surface area contributed by atoms with Crippen LogP contribution >= 0.6 is 11.6 Å². The van der Waals surface area contributed by atoms with Crippen molar-refractivity contribution in [3.8, 4) is 6.07 Å². The molecule has 92 valence electrons. The maximum absolute atomic E-state index is 9.95. The number of rotatable bonds is 5. The molecule has 0 aromatic heterocycles. The van der Waals surface area contributed by atoms with Crippen LogP contribution in [0.3, 0.4) is 0 Å². The van der Waals surface area contributed by atoms with E-state index in [4.69, 9.17) is 16.9 Å². The Morgan fingerprint density at radius 1 is 1.47 bits per heavy atom. The fourth-order valence-electron chi connectivity index (χ4n) is 1.54. The van der Waals surface area contributed by atoms with Crippen molar-refractivity contribution in [2.24, 2.45) is 0 Å². The van der Waals surface area contributed by atoms with Gasteiger partial charge in [0.15, 0.2) is 0 Å². The zero-order valence-electron chi connectivity index (χ0n) is 9.52. The lowest BCUT2D eigenvalue weighted by atomic mass is 9.98.